The summed E-state index contributed by atoms with van der Waals surface area (Å²) in [6.45, 7) is 0. The number of hydrogen-bond acceptors (Lipinski definition) is 1. The maximum Gasteiger partial charge on any atom is 0.0474 e. The van der Waals surface area contributed by atoms with Crippen LogP contribution in [0.2, 0.25) is 0 Å². The van der Waals surface area contributed by atoms with E-state index in [1.54, 1.807) is 0 Å². The van der Waals surface area contributed by atoms with Crippen LogP contribution in [0.1, 0.15) is 0 Å². The first-order valence-corrected chi connectivity index (χ1v) is 4.62. The standard InChI is InChI=1S/C4H4Br2S/c5-3-1-4(6)7-2-3/h1,3H,2H2. The van der Waals surface area contributed by atoms with Crippen LogP contribution in [0, 0.1) is 0 Å². The Labute approximate surface area is 64.0 Å². The smallest absolute Gasteiger partial charge is 0.0474 e. The van der Waals surface area contributed by atoms with E-state index in [9.17, 15) is 0 Å². The van der Waals surface area contributed by atoms with Crippen molar-refractivity contribution >= 4 is 43.6 Å². The molecule has 0 N–H and O–H groups in total. The average molecular weight is 244 g/mol. The molecule has 0 radical (unpaired) electrons. The van der Waals surface area contributed by atoms with Gasteiger partial charge >= 0.3 is 0 Å². The van der Waals surface area contributed by atoms with E-state index in [2.05, 4.69) is 37.9 Å². The van der Waals surface area contributed by atoms with Gasteiger partial charge in [0.15, 0.2) is 0 Å². The van der Waals surface area contributed by atoms with Gasteiger partial charge in [0, 0.05) is 14.4 Å². The quantitative estimate of drug-likeness (QED) is 0.590. The topological polar surface area (TPSA) is 0 Å². The fraction of sp³-hybridized carbons (Fsp3) is 0.500. The minimum atomic E-state index is 0.590. The third kappa shape index (κ3) is 1.78. The Morgan fingerprint density at radius 3 is 2.71 bits per heavy atom. The van der Waals surface area contributed by atoms with E-state index in [1.165, 1.54) is 9.57 Å². The van der Waals surface area contributed by atoms with Gasteiger partial charge in [0.1, 0.15) is 0 Å². The minimum absolute atomic E-state index is 0.590. The largest absolute Gasteiger partial charge is 0.117 e. The van der Waals surface area contributed by atoms with Gasteiger partial charge in [-0.15, -0.1) is 11.8 Å². The Balaban J connectivity index is 2.50. The predicted octanol–water partition coefficient (Wildman–Crippen LogP) is 2.73. The number of halogens is 2. The molecule has 0 bridgehead atoms. The lowest BCUT2D eigenvalue weighted by Crippen LogP contribution is -1.86. The molecule has 0 saturated carbocycles. The van der Waals surface area contributed by atoms with Gasteiger partial charge in [0.05, 0.1) is 0 Å². The maximum atomic E-state index is 3.45. The van der Waals surface area contributed by atoms with Crippen LogP contribution in [0.4, 0.5) is 0 Å². The molecule has 0 fully saturated rings. The van der Waals surface area contributed by atoms with Crippen LogP contribution >= 0.6 is 43.6 Å². The van der Waals surface area contributed by atoms with Gasteiger partial charge in [-0.1, -0.05) is 15.9 Å². The first-order valence-electron chi connectivity index (χ1n) is 1.93. The van der Waals surface area contributed by atoms with Crippen LogP contribution < -0.4 is 0 Å². The lowest BCUT2D eigenvalue weighted by molar-refractivity contribution is 1.33. The molecular formula is C4H4Br2S. The first-order chi connectivity index (χ1) is 3.29. The predicted molar refractivity (Wildman–Crippen MR) is 42.2 cm³/mol. The molecule has 0 amide bonds. The van der Waals surface area contributed by atoms with E-state index in [0.29, 0.717) is 4.83 Å². The molecule has 7 heavy (non-hydrogen) atoms. The van der Waals surface area contributed by atoms with Gasteiger partial charge in [-0.2, -0.15) is 0 Å². The molecule has 0 aromatic carbocycles. The highest BCUT2D eigenvalue weighted by Crippen LogP contribution is 2.32. The summed E-state index contributed by atoms with van der Waals surface area (Å²) in [5, 5.41) is 0. The van der Waals surface area contributed by atoms with E-state index in [0.717, 1.165) is 0 Å². The SMILES string of the molecule is BrC1=CC(Br)CS1. The summed E-state index contributed by atoms with van der Waals surface area (Å²) in [4.78, 5) is 0.590. The third-order valence-electron chi connectivity index (χ3n) is 0.692. The van der Waals surface area contributed by atoms with Crippen molar-refractivity contribution in [1.82, 2.24) is 0 Å². The van der Waals surface area contributed by atoms with Gasteiger partial charge in [-0.05, 0) is 22.0 Å². The Morgan fingerprint density at radius 2 is 2.57 bits per heavy atom. The van der Waals surface area contributed by atoms with Crippen molar-refractivity contribution in [2.24, 2.45) is 0 Å². The molecule has 0 saturated heterocycles. The van der Waals surface area contributed by atoms with Gasteiger partial charge < -0.3 is 0 Å². The lowest BCUT2D eigenvalue weighted by Gasteiger charge is -1.86. The number of thioether (sulfide) groups is 1. The average Bonchev–Trinajstić information content (AvgIpc) is 1.87. The number of allylic oxidation sites excluding steroid dienone is 1. The first kappa shape index (κ1) is 6.17. The summed E-state index contributed by atoms with van der Waals surface area (Å²) in [7, 11) is 0. The van der Waals surface area contributed by atoms with Crippen molar-refractivity contribution in [1.29, 1.82) is 0 Å². The molecule has 1 rings (SSSR count). The van der Waals surface area contributed by atoms with Crippen molar-refractivity contribution in [3.63, 3.8) is 0 Å². The highest BCUT2D eigenvalue weighted by Gasteiger charge is 2.09. The molecule has 0 nitrogen and oxygen atoms in total. The van der Waals surface area contributed by atoms with E-state index in [-0.39, 0.29) is 0 Å². The zero-order valence-corrected chi connectivity index (χ0v) is 7.51. The highest BCUT2D eigenvalue weighted by atomic mass is 79.9. The van der Waals surface area contributed by atoms with Crippen LogP contribution in [0.5, 0.6) is 0 Å². The van der Waals surface area contributed by atoms with Gasteiger partial charge in [-0.3, -0.25) is 0 Å². The summed E-state index contributed by atoms with van der Waals surface area (Å²) in [6, 6.07) is 0. The Hall–Kier alpha value is 1.05. The highest BCUT2D eigenvalue weighted by molar-refractivity contribution is 9.14. The molecule has 1 unspecified atom stereocenters. The van der Waals surface area contributed by atoms with Crippen molar-refractivity contribution in [2.75, 3.05) is 5.75 Å². The molecule has 0 aromatic heterocycles. The van der Waals surface area contributed by atoms with E-state index < -0.39 is 0 Å². The van der Waals surface area contributed by atoms with Crippen LogP contribution in [0.3, 0.4) is 0 Å². The molecule has 1 atom stereocenters. The second-order valence-electron chi connectivity index (χ2n) is 1.30. The van der Waals surface area contributed by atoms with Crippen molar-refractivity contribution in [3.05, 3.63) is 9.89 Å². The fourth-order valence-electron chi connectivity index (χ4n) is 0.398. The molecule has 0 aromatic rings. The number of rotatable bonds is 0. The normalized spacial score (nSPS) is 30.6. The summed E-state index contributed by atoms with van der Waals surface area (Å²) in [6.07, 6.45) is 2.16. The Kier molecular flexibility index (Phi) is 2.25. The zero-order valence-electron chi connectivity index (χ0n) is 3.53. The molecule has 0 spiro atoms. The number of alkyl halides is 1. The van der Waals surface area contributed by atoms with Crippen LogP contribution in [0.25, 0.3) is 0 Å². The molecule has 3 heteroatoms. The monoisotopic (exact) mass is 242 g/mol. The fourth-order valence-corrected chi connectivity index (χ4v) is 2.98. The van der Waals surface area contributed by atoms with Gasteiger partial charge in [0.25, 0.3) is 0 Å². The van der Waals surface area contributed by atoms with E-state index in [1.807, 2.05) is 11.8 Å². The molecule has 40 valence electrons. The molecule has 1 heterocycles. The van der Waals surface area contributed by atoms with Crippen molar-refractivity contribution < 1.29 is 0 Å². The van der Waals surface area contributed by atoms with Crippen LogP contribution in [0.15, 0.2) is 9.89 Å². The number of hydrogen-bond donors (Lipinski definition) is 0. The second-order valence-corrected chi connectivity index (χ2v) is 4.91. The molecule has 1 aliphatic heterocycles. The van der Waals surface area contributed by atoms with Crippen LogP contribution in [-0.2, 0) is 0 Å². The van der Waals surface area contributed by atoms with Gasteiger partial charge in [0.2, 0.25) is 0 Å². The van der Waals surface area contributed by atoms with Crippen molar-refractivity contribution in [2.45, 2.75) is 4.83 Å². The molecule has 0 aliphatic carbocycles. The van der Waals surface area contributed by atoms with E-state index in [4.69, 9.17) is 0 Å². The lowest BCUT2D eigenvalue weighted by atomic mass is 10.5. The van der Waals surface area contributed by atoms with Gasteiger partial charge in [-0.25, -0.2) is 0 Å². The Morgan fingerprint density at radius 1 is 1.86 bits per heavy atom. The maximum absolute atomic E-state index is 3.45. The second kappa shape index (κ2) is 2.55. The Bertz CT molecular complexity index is 99.9. The minimum Gasteiger partial charge on any atom is -0.117 e. The summed E-state index contributed by atoms with van der Waals surface area (Å²) < 4.78 is 1.26. The molecule has 1 aliphatic rings. The summed E-state index contributed by atoms with van der Waals surface area (Å²) in [5.74, 6) is 1.17. The van der Waals surface area contributed by atoms with Crippen LogP contribution in [-0.4, -0.2) is 10.6 Å². The summed E-state index contributed by atoms with van der Waals surface area (Å²) in [5.41, 5.74) is 0. The van der Waals surface area contributed by atoms with Crippen molar-refractivity contribution in [3.8, 4) is 0 Å². The third-order valence-corrected chi connectivity index (χ3v) is 3.60. The van der Waals surface area contributed by atoms with E-state index >= 15 is 0 Å². The molecular weight excluding hydrogens is 240 g/mol. The summed E-state index contributed by atoms with van der Waals surface area (Å²) >= 11 is 8.66. The zero-order chi connectivity index (χ0) is 5.28.